The van der Waals surface area contributed by atoms with Gasteiger partial charge in [-0.3, -0.25) is 0 Å². The van der Waals surface area contributed by atoms with Gasteiger partial charge >= 0.3 is 0 Å². The SMILES string of the molecule is CCc1cc(CC)c(C)[c]c1C. The van der Waals surface area contributed by atoms with Gasteiger partial charge in [-0.15, -0.1) is 0 Å². The van der Waals surface area contributed by atoms with E-state index in [0.29, 0.717) is 0 Å². The Morgan fingerprint density at radius 1 is 1.00 bits per heavy atom. The summed E-state index contributed by atoms with van der Waals surface area (Å²) in [6.45, 7) is 8.69. The van der Waals surface area contributed by atoms with Gasteiger partial charge in [-0.25, -0.2) is 0 Å². The fourth-order valence-corrected chi connectivity index (χ4v) is 1.60. The molecule has 0 heterocycles. The van der Waals surface area contributed by atoms with Crippen LogP contribution in [0.1, 0.15) is 36.1 Å². The van der Waals surface area contributed by atoms with E-state index in [1.54, 1.807) is 0 Å². The standard InChI is InChI=1S/C12H17/c1-5-11-8-12(6-2)10(4)7-9(11)3/h8H,5-6H2,1-4H3. The van der Waals surface area contributed by atoms with Crippen LogP contribution in [0.5, 0.6) is 0 Å². The van der Waals surface area contributed by atoms with E-state index in [0.717, 1.165) is 12.8 Å². The average Bonchev–Trinajstić information content (AvgIpc) is 2.05. The summed E-state index contributed by atoms with van der Waals surface area (Å²) in [6, 6.07) is 5.73. The van der Waals surface area contributed by atoms with Crippen LogP contribution in [-0.4, -0.2) is 0 Å². The van der Waals surface area contributed by atoms with Crippen molar-refractivity contribution in [3.05, 3.63) is 34.4 Å². The normalized spacial score (nSPS) is 10.3. The fourth-order valence-electron chi connectivity index (χ4n) is 1.60. The molecule has 0 aromatic heterocycles. The second kappa shape index (κ2) is 3.75. The maximum Gasteiger partial charge on any atom is -0.0114 e. The predicted molar refractivity (Wildman–Crippen MR) is 53.5 cm³/mol. The molecule has 0 saturated carbocycles. The quantitative estimate of drug-likeness (QED) is 0.624. The first-order chi connectivity index (χ1) is 5.69. The highest BCUT2D eigenvalue weighted by Crippen LogP contribution is 2.16. The van der Waals surface area contributed by atoms with Crippen LogP contribution in [0.4, 0.5) is 0 Å². The van der Waals surface area contributed by atoms with Gasteiger partial charge in [-0.05, 0) is 55.0 Å². The van der Waals surface area contributed by atoms with Crippen LogP contribution in [-0.2, 0) is 12.8 Å². The van der Waals surface area contributed by atoms with E-state index < -0.39 is 0 Å². The van der Waals surface area contributed by atoms with Crippen molar-refractivity contribution in [2.24, 2.45) is 0 Å². The Bertz CT molecular complexity index is 246. The van der Waals surface area contributed by atoms with E-state index in [2.05, 4.69) is 39.8 Å². The van der Waals surface area contributed by atoms with Crippen molar-refractivity contribution in [3.63, 3.8) is 0 Å². The predicted octanol–water partition coefficient (Wildman–Crippen LogP) is 3.23. The van der Waals surface area contributed by atoms with Gasteiger partial charge in [0.25, 0.3) is 0 Å². The van der Waals surface area contributed by atoms with Crippen LogP contribution in [0.3, 0.4) is 0 Å². The molecular weight excluding hydrogens is 144 g/mol. The van der Waals surface area contributed by atoms with E-state index in [4.69, 9.17) is 0 Å². The molecule has 0 amide bonds. The van der Waals surface area contributed by atoms with Crippen LogP contribution in [0.2, 0.25) is 0 Å². The van der Waals surface area contributed by atoms with Gasteiger partial charge in [-0.1, -0.05) is 19.9 Å². The smallest absolute Gasteiger partial charge is 0.0114 e. The zero-order chi connectivity index (χ0) is 9.14. The third-order valence-corrected chi connectivity index (χ3v) is 2.45. The van der Waals surface area contributed by atoms with Crippen molar-refractivity contribution < 1.29 is 0 Å². The van der Waals surface area contributed by atoms with Crippen LogP contribution in [0, 0.1) is 19.9 Å². The largest absolute Gasteiger partial charge is 0.0613 e. The number of hydrogen-bond donors (Lipinski definition) is 0. The monoisotopic (exact) mass is 161 g/mol. The highest BCUT2D eigenvalue weighted by atomic mass is 14.1. The highest BCUT2D eigenvalue weighted by Gasteiger charge is 2.01. The average molecular weight is 161 g/mol. The summed E-state index contributed by atoms with van der Waals surface area (Å²) in [5.74, 6) is 0. The van der Waals surface area contributed by atoms with Crippen LogP contribution in [0.15, 0.2) is 6.07 Å². The minimum absolute atomic E-state index is 1.12. The zero-order valence-electron chi connectivity index (χ0n) is 8.49. The molecule has 0 aliphatic carbocycles. The summed E-state index contributed by atoms with van der Waals surface area (Å²) in [5, 5.41) is 0. The Morgan fingerprint density at radius 2 is 1.42 bits per heavy atom. The maximum absolute atomic E-state index is 3.41. The van der Waals surface area contributed by atoms with Crippen molar-refractivity contribution in [1.29, 1.82) is 0 Å². The highest BCUT2D eigenvalue weighted by molar-refractivity contribution is 5.36. The molecule has 1 aromatic rings. The van der Waals surface area contributed by atoms with Crippen LogP contribution >= 0.6 is 0 Å². The summed E-state index contributed by atoms with van der Waals surface area (Å²) in [7, 11) is 0. The number of benzene rings is 1. The lowest BCUT2D eigenvalue weighted by Crippen LogP contribution is -1.94. The maximum atomic E-state index is 3.41. The van der Waals surface area contributed by atoms with Crippen molar-refractivity contribution in [1.82, 2.24) is 0 Å². The molecule has 65 valence electrons. The number of aryl methyl sites for hydroxylation is 4. The van der Waals surface area contributed by atoms with Gasteiger partial charge in [0.2, 0.25) is 0 Å². The summed E-state index contributed by atoms with van der Waals surface area (Å²) in [4.78, 5) is 0. The number of rotatable bonds is 2. The van der Waals surface area contributed by atoms with Gasteiger partial charge in [0.1, 0.15) is 0 Å². The fraction of sp³-hybridized carbons (Fsp3) is 0.500. The topological polar surface area (TPSA) is 0 Å². The molecule has 0 spiro atoms. The first-order valence-electron chi connectivity index (χ1n) is 4.70. The van der Waals surface area contributed by atoms with E-state index in [1.807, 2.05) is 0 Å². The van der Waals surface area contributed by atoms with E-state index >= 15 is 0 Å². The van der Waals surface area contributed by atoms with Crippen LogP contribution < -0.4 is 0 Å². The van der Waals surface area contributed by atoms with Gasteiger partial charge < -0.3 is 0 Å². The molecule has 0 unspecified atom stereocenters. The molecule has 0 heteroatoms. The summed E-state index contributed by atoms with van der Waals surface area (Å²) < 4.78 is 0. The minimum atomic E-state index is 1.12. The Balaban J connectivity index is 3.18. The van der Waals surface area contributed by atoms with Gasteiger partial charge in [-0.2, -0.15) is 0 Å². The van der Waals surface area contributed by atoms with Gasteiger partial charge in [0.15, 0.2) is 0 Å². The third kappa shape index (κ3) is 1.69. The van der Waals surface area contributed by atoms with E-state index in [1.165, 1.54) is 22.3 Å². The molecule has 0 atom stereocenters. The molecule has 0 N–H and O–H groups in total. The third-order valence-electron chi connectivity index (χ3n) is 2.45. The Kier molecular flexibility index (Phi) is 2.91. The second-order valence-electron chi connectivity index (χ2n) is 3.28. The summed E-state index contributed by atoms with van der Waals surface area (Å²) in [6.07, 6.45) is 2.24. The lowest BCUT2D eigenvalue weighted by atomic mass is 9.97. The molecule has 1 rings (SSSR count). The van der Waals surface area contributed by atoms with Gasteiger partial charge in [0.05, 0.1) is 0 Å². The second-order valence-corrected chi connectivity index (χ2v) is 3.28. The molecule has 0 aliphatic heterocycles. The van der Waals surface area contributed by atoms with Crippen LogP contribution in [0.25, 0.3) is 0 Å². The zero-order valence-corrected chi connectivity index (χ0v) is 8.49. The molecular formula is C12H17. The first-order valence-corrected chi connectivity index (χ1v) is 4.70. The Labute approximate surface area is 75.6 Å². The Hall–Kier alpha value is -0.780. The summed E-state index contributed by atoms with van der Waals surface area (Å²) >= 11 is 0. The lowest BCUT2D eigenvalue weighted by Gasteiger charge is -2.08. The molecule has 0 nitrogen and oxygen atoms in total. The van der Waals surface area contributed by atoms with Crippen molar-refractivity contribution >= 4 is 0 Å². The van der Waals surface area contributed by atoms with Gasteiger partial charge in [0, 0.05) is 0 Å². The van der Waals surface area contributed by atoms with E-state index in [-0.39, 0.29) is 0 Å². The molecule has 0 saturated heterocycles. The number of hydrogen-bond acceptors (Lipinski definition) is 0. The Morgan fingerprint density at radius 3 is 1.75 bits per heavy atom. The molecule has 0 fully saturated rings. The molecule has 0 bridgehead atoms. The molecule has 12 heavy (non-hydrogen) atoms. The minimum Gasteiger partial charge on any atom is -0.0613 e. The van der Waals surface area contributed by atoms with Crippen molar-refractivity contribution in [3.8, 4) is 0 Å². The lowest BCUT2D eigenvalue weighted by molar-refractivity contribution is 1.04. The van der Waals surface area contributed by atoms with Crippen molar-refractivity contribution in [2.75, 3.05) is 0 Å². The molecule has 1 radical (unpaired) electrons. The van der Waals surface area contributed by atoms with Crippen molar-refractivity contribution in [2.45, 2.75) is 40.5 Å². The molecule has 0 aliphatic rings. The molecule has 1 aromatic carbocycles. The summed E-state index contributed by atoms with van der Waals surface area (Å²) in [5.41, 5.74) is 5.51. The van der Waals surface area contributed by atoms with E-state index in [9.17, 15) is 0 Å². The first kappa shape index (κ1) is 9.31.